The average molecular weight is 494 g/mol. The molecule has 1 unspecified atom stereocenters. The molecule has 0 radical (unpaired) electrons. The van der Waals surface area contributed by atoms with Gasteiger partial charge in [0.05, 0.1) is 12.7 Å². The fraction of sp³-hybridized carbons (Fsp3) is 0.133. The Hall–Kier alpha value is -4.78. The number of benzene rings is 4. The molecule has 2 amide bonds. The Labute approximate surface area is 215 Å². The Morgan fingerprint density at radius 1 is 0.946 bits per heavy atom. The van der Waals surface area contributed by atoms with Gasteiger partial charge in [0.25, 0.3) is 5.91 Å². The zero-order valence-corrected chi connectivity index (χ0v) is 20.6. The highest BCUT2D eigenvalue weighted by Crippen LogP contribution is 2.37. The van der Waals surface area contributed by atoms with Crippen LogP contribution in [0.4, 0.5) is 17.1 Å². The number of carbonyl (C=O) groups is 2. The van der Waals surface area contributed by atoms with Gasteiger partial charge in [0.2, 0.25) is 5.91 Å². The van der Waals surface area contributed by atoms with Crippen molar-refractivity contribution in [1.82, 2.24) is 0 Å². The monoisotopic (exact) mass is 493 g/mol. The van der Waals surface area contributed by atoms with E-state index in [1.54, 1.807) is 36.3 Å². The maximum Gasteiger partial charge on any atom is 0.262 e. The van der Waals surface area contributed by atoms with Crippen molar-refractivity contribution >= 4 is 28.9 Å². The topological polar surface area (TPSA) is 79.9 Å². The molecule has 0 fully saturated rings. The summed E-state index contributed by atoms with van der Waals surface area (Å²) in [6, 6.07) is 30.2. The molecule has 1 heterocycles. The first-order valence-electron chi connectivity index (χ1n) is 11.9. The summed E-state index contributed by atoms with van der Waals surface area (Å²) in [5.41, 5.74) is 4.65. The lowest BCUT2D eigenvalue weighted by atomic mass is 10.0. The van der Waals surface area contributed by atoms with E-state index in [-0.39, 0.29) is 18.4 Å². The predicted molar refractivity (Wildman–Crippen MR) is 144 cm³/mol. The molecule has 1 atom stereocenters. The second kappa shape index (κ2) is 10.5. The van der Waals surface area contributed by atoms with Crippen molar-refractivity contribution in [2.75, 3.05) is 22.6 Å². The molecule has 2 N–H and O–H groups in total. The maximum absolute atomic E-state index is 13.6. The van der Waals surface area contributed by atoms with E-state index in [0.717, 1.165) is 22.5 Å². The number of ether oxygens (including phenoxy) is 2. The minimum Gasteiger partial charge on any atom is -0.496 e. The van der Waals surface area contributed by atoms with Crippen molar-refractivity contribution in [2.24, 2.45) is 0 Å². The Kier molecular flexibility index (Phi) is 6.76. The van der Waals surface area contributed by atoms with E-state index in [1.807, 2.05) is 72.8 Å². The number of anilines is 3. The number of amides is 2. The minimum absolute atomic E-state index is 0.0709. The SMILES string of the molecule is COc1ccc(C2Nc3ccccc3C(=O)N2c2ccccc2)cc1COc1ccc(NC(C)=O)cc1. The number of methoxy groups -OCH3 is 1. The molecule has 1 aliphatic rings. The van der Waals surface area contributed by atoms with E-state index in [1.165, 1.54) is 6.92 Å². The number of rotatable bonds is 7. The number of fused-ring (bicyclic) bond motifs is 1. The second-order valence-electron chi connectivity index (χ2n) is 8.67. The van der Waals surface area contributed by atoms with Crippen LogP contribution in [0.2, 0.25) is 0 Å². The normalized spacial score (nSPS) is 14.4. The Morgan fingerprint density at radius 2 is 1.68 bits per heavy atom. The molecule has 0 aromatic heterocycles. The third kappa shape index (κ3) is 5.11. The molecule has 7 nitrogen and oxygen atoms in total. The van der Waals surface area contributed by atoms with Crippen molar-refractivity contribution in [3.8, 4) is 11.5 Å². The van der Waals surface area contributed by atoms with Gasteiger partial charge in [-0.15, -0.1) is 0 Å². The molecule has 0 saturated carbocycles. The van der Waals surface area contributed by atoms with Gasteiger partial charge in [-0.05, 0) is 66.2 Å². The summed E-state index contributed by atoms with van der Waals surface area (Å²) >= 11 is 0. The third-order valence-corrected chi connectivity index (χ3v) is 6.15. The molecular weight excluding hydrogens is 466 g/mol. The van der Waals surface area contributed by atoms with Gasteiger partial charge in [-0.3, -0.25) is 14.5 Å². The summed E-state index contributed by atoms with van der Waals surface area (Å²) in [6.45, 7) is 1.73. The van der Waals surface area contributed by atoms with Crippen LogP contribution >= 0.6 is 0 Å². The van der Waals surface area contributed by atoms with Crippen LogP contribution in [0, 0.1) is 0 Å². The Bertz CT molecular complexity index is 1420. The van der Waals surface area contributed by atoms with Gasteiger partial charge < -0.3 is 20.1 Å². The number of hydrogen-bond donors (Lipinski definition) is 2. The summed E-state index contributed by atoms with van der Waals surface area (Å²) in [6.07, 6.45) is -0.425. The molecule has 186 valence electrons. The van der Waals surface area contributed by atoms with Crippen LogP contribution in [0.25, 0.3) is 0 Å². The molecule has 4 aromatic rings. The zero-order chi connectivity index (χ0) is 25.8. The van der Waals surface area contributed by atoms with E-state index in [4.69, 9.17) is 9.47 Å². The summed E-state index contributed by atoms with van der Waals surface area (Å²) in [7, 11) is 1.62. The van der Waals surface area contributed by atoms with E-state index in [9.17, 15) is 9.59 Å². The molecule has 5 rings (SSSR count). The summed E-state index contributed by atoms with van der Waals surface area (Å²) < 4.78 is 11.6. The molecule has 0 aliphatic carbocycles. The molecule has 4 aromatic carbocycles. The summed E-state index contributed by atoms with van der Waals surface area (Å²) in [4.78, 5) is 26.7. The lowest BCUT2D eigenvalue weighted by Crippen LogP contribution is -2.43. The molecular formula is C30H27N3O4. The highest BCUT2D eigenvalue weighted by Gasteiger charge is 2.34. The van der Waals surface area contributed by atoms with Gasteiger partial charge in [-0.2, -0.15) is 0 Å². The molecule has 0 spiro atoms. The van der Waals surface area contributed by atoms with Crippen LogP contribution < -0.4 is 25.0 Å². The largest absolute Gasteiger partial charge is 0.496 e. The predicted octanol–water partition coefficient (Wildman–Crippen LogP) is 6.00. The van der Waals surface area contributed by atoms with Crippen molar-refractivity contribution in [1.29, 1.82) is 0 Å². The van der Waals surface area contributed by atoms with Crippen molar-refractivity contribution < 1.29 is 19.1 Å². The van der Waals surface area contributed by atoms with Gasteiger partial charge in [0.15, 0.2) is 0 Å². The molecule has 0 bridgehead atoms. The van der Waals surface area contributed by atoms with Gasteiger partial charge in [-0.25, -0.2) is 0 Å². The van der Waals surface area contributed by atoms with Crippen LogP contribution in [0.3, 0.4) is 0 Å². The average Bonchev–Trinajstić information content (AvgIpc) is 2.92. The van der Waals surface area contributed by atoms with Crippen LogP contribution in [0.15, 0.2) is 97.1 Å². The fourth-order valence-corrected chi connectivity index (χ4v) is 4.42. The van der Waals surface area contributed by atoms with Crippen molar-refractivity contribution in [2.45, 2.75) is 19.7 Å². The number of nitrogens with one attached hydrogen (secondary N) is 2. The molecule has 37 heavy (non-hydrogen) atoms. The summed E-state index contributed by atoms with van der Waals surface area (Å²) in [5.74, 6) is 1.15. The Morgan fingerprint density at radius 3 is 2.41 bits per heavy atom. The molecule has 1 aliphatic heterocycles. The smallest absolute Gasteiger partial charge is 0.262 e. The second-order valence-corrected chi connectivity index (χ2v) is 8.67. The van der Waals surface area contributed by atoms with Crippen LogP contribution in [0.5, 0.6) is 11.5 Å². The van der Waals surface area contributed by atoms with Gasteiger partial charge in [-0.1, -0.05) is 36.4 Å². The van der Waals surface area contributed by atoms with E-state index >= 15 is 0 Å². The van der Waals surface area contributed by atoms with Crippen LogP contribution in [0.1, 0.15) is 34.6 Å². The highest BCUT2D eigenvalue weighted by atomic mass is 16.5. The zero-order valence-electron chi connectivity index (χ0n) is 20.6. The number of hydrogen-bond acceptors (Lipinski definition) is 5. The number of nitrogens with zero attached hydrogens (tertiary/aromatic N) is 1. The van der Waals surface area contributed by atoms with Crippen LogP contribution in [-0.2, 0) is 11.4 Å². The summed E-state index contributed by atoms with van der Waals surface area (Å²) in [5, 5.41) is 6.28. The van der Waals surface area contributed by atoms with E-state index in [0.29, 0.717) is 22.7 Å². The van der Waals surface area contributed by atoms with E-state index < -0.39 is 6.17 Å². The van der Waals surface area contributed by atoms with Crippen molar-refractivity contribution in [3.05, 3.63) is 114 Å². The maximum atomic E-state index is 13.6. The first kappa shape index (κ1) is 23.9. The quantitative estimate of drug-likeness (QED) is 0.330. The highest BCUT2D eigenvalue weighted by molar-refractivity contribution is 6.12. The fourth-order valence-electron chi connectivity index (χ4n) is 4.42. The number of carbonyl (C=O) groups excluding carboxylic acids is 2. The standard InChI is InChI=1S/C30H27N3O4/c1-20(34)31-23-13-15-25(16-14-23)37-19-22-18-21(12-17-28(22)36-2)29-32-27-11-7-6-10-26(27)30(35)33(29)24-8-4-3-5-9-24/h3-18,29,32H,19H2,1-2H3,(H,31,34). The van der Waals surface area contributed by atoms with Crippen LogP contribution in [-0.4, -0.2) is 18.9 Å². The Balaban J connectivity index is 1.45. The minimum atomic E-state index is -0.425. The number of para-hydroxylation sites is 2. The first-order chi connectivity index (χ1) is 18.0. The van der Waals surface area contributed by atoms with E-state index in [2.05, 4.69) is 10.6 Å². The third-order valence-electron chi connectivity index (χ3n) is 6.15. The van der Waals surface area contributed by atoms with Crippen molar-refractivity contribution in [3.63, 3.8) is 0 Å². The van der Waals surface area contributed by atoms with Gasteiger partial charge in [0.1, 0.15) is 24.3 Å². The first-order valence-corrected chi connectivity index (χ1v) is 11.9. The lowest BCUT2D eigenvalue weighted by molar-refractivity contribution is -0.114. The van der Waals surface area contributed by atoms with Gasteiger partial charge in [0, 0.05) is 29.5 Å². The molecule has 7 heteroatoms. The molecule has 0 saturated heterocycles. The van der Waals surface area contributed by atoms with Gasteiger partial charge >= 0.3 is 0 Å². The lowest BCUT2D eigenvalue weighted by Gasteiger charge is -2.38.